The number of ether oxygens (including phenoxy) is 1. The summed E-state index contributed by atoms with van der Waals surface area (Å²) in [7, 11) is 0. The van der Waals surface area contributed by atoms with E-state index in [1.54, 1.807) is 12.5 Å². The summed E-state index contributed by atoms with van der Waals surface area (Å²) in [6, 6.07) is 0. The Morgan fingerprint density at radius 3 is 2.53 bits per heavy atom. The van der Waals surface area contributed by atoms with Crippen molar-refractivity contribution in [2.75, 3.05) is 0 Å². The molecule has 4 aliphatic rings. The summed E-state index contributed by atoms with van der Waals surface area (Å²) in [5.74, 6) is 4.84. The maximum atomic E-state index is 11.5. The summed E-state index contributed by atoms with van der Waals surface area (Å²) in [6.45, 7) is 18.0. The molecule has 0 radical (unpaired) electrons. The molecule has 0 aromatic carbocycles. The quantitative estimate of drug-likeness (QED) is 0.308. The van der Waals surface area contributed by atoms with Crippen molar-refractivity contribution in [3.05, 3.63) is 23.8 Å². The Bertz CT molecular complexity index is 765. The van der Waals surface area contributed by atoms with Gasteiger partial charge in [-0.2, -0.15) is 0 Å². The van der Waals surface area contributed by atoms with E-state index in [0.29, 0.717) is 16.7 Å². The van der Waals surface area contributed by atoms with E-state index in [1.165, 1.54) is 56.9 Å². The van der Waals surface area contributed by atoms with Crippen LogP contribution in [0.3, 0.4) is 0 Å². The highest BCUT2D eigenvalue weighted by atomic mass is 16.5. The van der Waals surface area contributed by atoms with Gasteiger partial charge in [-0.3, -0.25) is 4.79 Å². The van der Waals surface area contributed by atoms with Crippen molar-refractivity contribution in [3.63, 3.8) is 0 Å². The molecule has 3 fully saturated rings. The zero-order chi connectivity index (χ0) is 23.3. The van der Waals surface area contributed by atoms with Crippen LogP contribution in [0.15, 0.2) is 23.8 Å². The normalized spacial score (nSPS) is 42.7. The lowest BCUT2D eigenvalue weighted by Crippen LogP contribution is -2.51. The highest BCUT2D eigenvalue weighted by Gasteiger charge is 2.59. The van der Waals surface area contributed by atoms with Gasteiger partial charge < -0.3 is 4.74 Å². The van der Waals surface area contributed by atoms with Crippen LogP contribution in [0.4, 0.5) is 0 Å². The van der Waals surface area contributed by atoms with E-state index in [4.69, 9.17) is 4.74 Å². The molecule has 0 aromatic rings. The van der Waals surface area contributed by atoms with E-state index in [9.17, 15) is 4.79 Å². The third-order valence-electron chi connectivity index (χ3n) is 11.0. The summed E-state index contributed by atoms with van der Waals surface area (Å²) in [5.41, 5.74) is 3.82. The monoisotopic (exact) mass is 440 g/mol. The van der Waals surface area contributed by atoms with E-state index < -0.39 is 0 Å². The summed E-state index contributed by atoms with van der Waals surface area (Å²) in [4.78, 5) is 11.5. The van der Waals surface area contributed by atoms with Gasteiger partial charge in [-0.1, -0.05) is 51.5 Å². The van der Waals surface area contributed by atoms with Gasteiger partial charge >= 0.3 is 5.97 Å². The molecule has 5 unspecified atom stereocenters. The molecule has 2 nitrogen and oxygen atoms in total. The molecule has 4 rings (SSSR count). The van der Waals surface area contributed by atoms with Crippen LogP contribution in [0.5, 0.6) is 0 Å². The Labute approximate surface area is 197 Å². The van der Waals surface area contributed by atoms with E-state index in [0.717, 1.165) is 42.4 Å². The van der Waals surface area contributed by atoms with Gasteiger partial charge in [0.05, 0.1) is 0 Å². The molecule has 0 spiro atoms. The van der Waals surface area contributed by atoms with E-state index >= 15 is 0 Å². The number of fused-ring (bicyclic) bond motifs is 5. The van der Waals surface area contributed by atoms with Gasteiger partial charge in [0.25, 0.3) is 0 Å². The van der Waals surface area contributed by atoms with E-state index in [-0.39, 0.29) is 12.1 Å². The van der Waals surface area contributed by atoms with Crippen molar-refractivity contribution in [2.45, 2.75) is 112 Å². The first-order valence-corrected chi connectivity index (χ1v) is 13.6. The predicted molar refractivity (Wildman–Crippen MR) is 133 cm³/mol. The Balaban J connectivity index is 1.47. The molecule has 9 atom stereocenters. The van der Waals surface area contributed by atoms with Crippen LogP contribution >= 0.6 is 0 Å². The molecule has 3 saturated carbocycles. The average Bonchev–Trinajstić information content (AvgIpc) is 3.08. The third-order valence-corrected chi connectivity index (χ3v) is 11.0. The highest BCUT2D eigenvalue weighted by Crippen LogP contribution is 2.67. The van der Waals surface area contributed by atoms with Gasteiger partial charge in [-0.15, -0.1) is 0 Å². The molecule has 0 saturated heterocycles. The van der Waals surface area contributed by atoms with Gasteiger partial charge in [0.15, 0.2) is 0 Å². The fourth-order valence-corrected chi connectivity index (χ4v) is 8.90. The fourth-order valence-electron chi connectivity index (χ4n) is 8.90. The van der Waals surface area contributed by atoms with Gasteiger partial charge in [-0.25, -0.2) is 0 Å². The van der Waals surface area contributed by atoms with E-state index in [2.05, 4.69) is 47.3 Å². The van der Waals surface area contributed by atoms with Gasteiger partial charge in [0.1, 0.15) is 6.10 Å². The fraction of sp³-hybridized carbons (Fsp3) is 0.833. The summed E-state index contributed by atoms with van der Waals surface area (Å²) < 4.78 is 5.62. The summed E-state index contributed by atoms with van der Waals surface area (Å²) in [6.07, 6.45) is 15.5. The predicted octanol–water partition coefficient (Wildman–Crippen LogP) is 8.13. The number of rotatable bonds is 6. The molecule has 0 heterocycles. The number of hydrogen-bond donors (Lipinski definition) is 0. The van der Waals surface area contributed by atoms with Crippen LogP contribution in [0, 0.1) is 46.3 Å². The minimum absolute atomic E-state index is 0.107. The number of hydrogen-bond acceptors (Lipinski definition) is 2. The lowest BCUT2D eigenvalue weighted by atomic mass is 9.47. The molecular weight excluding hydrogens is 392 g/mol. The molecule has 0 amide bonds. The molecule has 2 heteroatoms. The molecule has 0 aliphatic heterocycles. The minimum Gasteiger partial charge on any atom is -0.462 e. The van der Waals surface area contributed by atoms with Crippen LogP contribution in [-0.4, -0.2) is 12.1 Å². The van der Waals surface area contributed by atoms with Crippen molar-refractivity contribution >= 4 is 5.97 Å². The average molecular weight is 441 g/mol. The summed E-state index contributed by atoms with van der Waals surface area (Å²) >= 11 is 0. The van der Waals surface area contributed by atoms with Crippen molar-refractivity contribution in [2.24, 2.45) is 46.3 Å². The number of allylic oxidation sites excluding steroid dienone is 2. The first-order chi connectivity index (χ1) is 15.1. The number of carbonyl (C=O) groups is 1. The molecule has 180 valence electrons. The van der Waals surface area contributed by atoms with Crippen molar-refractivity contribution in [1.82, 2.24) is 0 Å². The Kier molecular flexibility index (Phi) is 6.74. The molecule has 0 bridgehead atoms. The largest absolute Gasteiger partial charge is 0.462 e. The molecule has 0 N–H and O–H groups in total. The van der Waals surface area contributed by atoms with Crippen molar-refractivity contribution < 1.29 is 9.53 Å². The van der Waals surface area contributed by atoms with Crippen LogP contribution in [0.25, 0.3) is 0 Å². The number of esters is 1. The molecule has 0 aromatic heterocycles. The zero-order valence-corrected chi connectivity index (χ0v) is 21.7. The van der Waals surface area contributed by atoms with Gasteiger partial charge in [0, 0.05) is 13.3 Å². The van der Waals surface area contributed by atoms with Crippen LogP contribution in [0.2, 0.25) is 0 Å². The molecule has 4 aliphatic carbocycles. The number of carbonyl (C=O) groups excluding carboxylic acids is 1. The first kappa shape index (κ1) is 24.1. The third kappa shape index (κ3) is 4.14. The SMILES string of the molecule is C=C(C)C(C)CC[C@H](C)C1CCC2C3CC=C4C[C@@H](OC(C)=O)CC[C@]4(C)C3CC[C@@]21C. The van der Waals surface area contributed by atoms with Crippen molar-refractivity contribution in [3.8, 4) is 0 Å². The maximum Gasteiger partial charge on any atom is 0.302 e. The van der Waals surface area contributed by atoms with Gasteiger partial charge in [0.2, 0.25) is 0 Å². The smallest absolute Gasteiger partial charge is 0.302 e. The van der Waals surface area contributed by atoms with Crippen molar-refractivity contribution in [1.29, 1.82) is 0 Å². The van der Waals surface area contributed by atoms with Crippen LogP contribution in [0.1, 0.15) is 106 Å². The summed E-state index contributed by atoms with van der Waals surface area (Å²) in [5, 5.41) is 0. The van der Waals surface area contributed by atoms with E-state index in [1.807, 2.05) is 0 Å². The minimum atomic E-state index is -0.120. The first-order valence-electron chi connectivity index (χ1n) is 13.6. The lowest BCUT2D eigenvalue weighted by molar-refractivity contribution is -0.148. The second-order valence-electron chi connectivity index (χ2n) is 12.8. The standard InChI is InChI=1S/C30H48O2/c1-19(2)20(3)8-9-21(4)26-12-13-27-25-11-10-23-18-24(32-22(5)31)14-16-29(23,6)28(25)15-17-30(26,27)7/h10,20-21,24-28H,1,8-9,11-18H2,2-7H3/t20?,21-,24-,25?,26?,27?,28?,29-,30+/m0/s1. The Hall–Kier alpha value is -1.05. The Morgan fingerprint density at radius 1 is 1.09 bits per heavy atom. The second-order valence-corrected chi connectivity index (χ2v) is 12.8. The molecular formula is C30H48O2. The second kappa shape index (κ2) is 8.95. The highest BCUT2D eigenvalue weighted by molar-refractivity contribution is 5.66. The maximum absolute atomic E-state index is 11.5. The van der Waals surface area contributed by atoms with Gasteiger partial charge in [-0.05, 0) is 111 Å². The lowest BCUT2D eigenvalue weighted by Gasteiger charge is -2.58. The Morgan fingerprint density at radius 2 is 1.84 bits per heavy atom. The molecule has 32 heavy (non-hydrogen) atoms. The van der Waals surface area contributed by atoms with Crippen LogP contribution in [-0.2, 0) is 9.53 Å². The van der Waals surface area contributed by atoms with Crippen LogP contribution < -0.4 is 0 Å². The topological polar surface area (TPSA) is 26.3 Å². The zero-order valence-electron chi connectivity index (χ0n) is 21.7.